The van der Waals surface area contributed by atoms with Crippen LogP contribution in [0.15, 0.2) is 24.3 Å². The molecule has 1 aromatic carbocycles. The summed E-state index contributed by atoms with van der Waals surface area (Å²) in [5, 5.41) is 5.14. The summed E-state index contributed by atoms with van der Waals surface area (Å²) in [6.45, 7) is 2.47. The van der Waals surface area contributed by atoms with Gasteiger partial charge in [-0.3, -0.25) is 11.1 Å². The Morgan fingerprint density at radius 3 is 2.50 bits per heavy atom. The molecule has 64 valence electrons. The zero-order valence-corrected chi connectivity index (χ0v) is 7.08. The van der Waals surface area contributed by atoms with Gasteiger partial charge in [-0.05, 0) is 12.5 Å². The van der Waals surface area contributed by atoms with Gasteiger partial charge in [0.05, 0.1) is 0 Å². The molecule has 0 aliphatic rings. The van der Waals surface area contributed by atoms with E-state index < -0.39 is 0 Å². The van der Waals surface area contributed by atoms with Crippen molar-refractivity contribution >= 4 is 6.02 Å². The fourth-order valence-corrected chi connectivity index (χ4v) is 0.851. The second-order valence-corrected chi connectivity index (χ2v) is 2.68. The molecule has 0 atom stereocenters. The van der Waals surface area contributed by atoms with Crippen LogP contribution < -0.4 is 11.1 Å². The summed E-state index contributed by atoms with van der Waals surface area (Å²) in [6.07, 6.45) is 0. The van der Waals surface area contributed by atoms with E-state index in [0.717, 1.165) is 5.56 Å². The van der Waals surface area contributed by atoms with Crippen molar-refractivity contribution in [3.63, 3.8) is 0 Å². The van der Waals surface area contributed by atoms with E-state index in [2.05, 4.69) is 0 Å². The number of benzene rings is 1. The normalized spacial score (nSPS) is 9.42. The van der Waals surface area contributed by atoms with Crippen LogP contribution >= 0.6 is 0 Å². The Morgan fingerprint density at radius 2 is 2.00 bits per heavy atom. The van der Waals surface area contributed by atoms with E-state index in [1.54, 1.807) is 0 Å². The Bertz CT molecular complexity index is 266. The topological polar surface area (TPSA) is 60.8 Å². The Morgan fingerprint density at radius 1 is 1.42 bits per heavy atom. The monoisotopic (exact) mass is 165 g/mol. The second-order valence-electron chi connectivity index (χ2n) is 2.68. The van der Waals surface area contributed by atoms with Crippen LogP contribution in [0.2, 0.25) is 0 Å². The molecule has 0 radical (unpaired) electrons. The summed E-state index contributed by atoms with van der Waals surface area (Å²) < 4.78 is 4.94. The number of hydrogen-bond acceptors (Lipinski definition) is 1. The molecule has 0 aromatic heterocycles. The van der Waals surface area contributed by atoms with Crippen LogP contribution in [0.5, 0.6) is 0 Å². The van der Waals surface area contributed by atoms with Crippen LogP contribution in [0.1, 0.15) is 11.1 Å². The predicted octanol–water partition coefficient (Wildman–Crippen LogP) is -0.415. The molecular weight excluding hydrogens is 152 g/mol. The molecule has 0 amide bonds. The van der Waals surface area contributed by atoms with Crippen molar-refractivity contribution in [1.29, 1.82) is 0 Å². The molecule has 0 spiro atoms. The van der Waals surface area contributed by atoms with Crippen molar-refractivity contribution in [3.8, 4) is 0 Å². The molecule has 1 aromatic rings. The predicted molar refractivity (Wildman–Crippen MR) is 47.1 cm³/mol. The van der Waals surface area contributed by atoms with Gasteiger partial charge in [0.25, 0.3) is 0 Å². The molecule has 0 heterocycles. The van der Waals surface area contributed by atoms with Crippen LogP contribution in [0.25, 0.3) is 0 Å². The van der Waals surface area contributed by atoms with Crippen molar-refractivity contribution in [2.75, 3.05) is 0 Å². The Hall–Kier alpha value is -1.51. The maximum absolute atomic E-state index is 5.14. The summed E-state index contributed by atoms with van der Waals surface area (Å²) in [4.78, 5) is 0. The van der Waals surface area contributed by atoms with Crippen molar-refractivity contribution in [3.05, 3.63) is 35.4 Å². The maximum atomic E-state index is 5.14. The Labute approximate surface area is 71.7 Å². The highest BCUT2D eigenvalue weighted by Gasteiger charge is 1.96. The minimum absolute atomic E-state index is 0.00979. The van der Waals surface area contributed by atoms with Gasteiger partial charge in [-0.1, -0.05) is 29.8 Å². The van der Waals surface area contributed by atoms with E-state index in [9.17, 15) is 0 Å². The molecule has 0 aliphatic carbocycles. The summed E-state index contributed by atoms with van der Waals surface area (Å²) in [6, 6.07) is 8.02. The zero-order chi connectivity index (χ0) is 8.97. The van der Waals surface area contributed by atoms with E-state index in [4.69, 9.17) is 15.9 Å². The smallest absolute Gasteiger partial charge is 0.427 e. The molecule has 0 fully saturated rings. The Balaban J connectivity index is 2.53. The first-order chi connectivity index (χ1) is 5.68. The van der Waals surface area contributed by atoms with Crippen LogP contribution in [-0.4, -0.2) is 6.02 Å². The molecular formula is C9H13N2O+. The van der Waals surface area contributed by atoms with E-state index in [0.29, 0.717) is 6.61 Å². The summed E-state index contributed by atoms with van der Waals surface area (Å²) >= 11 is 0. The fraction of sp³-hybridized carbons (Fsp3) is 0.222. The second kappa shape index (κ2) is 3.76. The number of aryl methyl sites for hydroxylation is 1. The molecule has 3 heteroatoms. The molecule has 3 nitrogen and oxygen atoms in total. The Kier molecular flexibility index (Phi) is 2.69. The zero-order valence-electron chi connectivity index (χ0n) is 7.08. The van der Waals surface area contributed by atoms with E-state index in [1.165, 1.54) is 5.56 Å². The van der Waals surface area contributed by atoms with Gasteiger partial charge in [-0.25, -0.2) is 0 Å². The van der Waals surface area contributed by atoms with Gasteiger partial charge < -0.3 is 4.74 Å². The van der Waals surface area contributed by atoms with Gasteiger partial charge in [0.2, 0.25) is 0 Å². The minimum Gasteiger partial charge on any atom is -0.427 e. The first kappa shape index (κ1) is 8.59. The van der Waals surface area contributed by atoms with Crippen LogP contribution in [0, 0.1) is 6.92 Å². The van der Waals surface area contributed by atoms with Gasteiger partial charge in [0.1, 0.15) is 6.61 Å². The largest absolute Gasteiger partial charge is 0.437 e. The molecule has 0 unspecified atom stereocenters. The van der Waals surface area contributed by atoms with Crippen molar-refractivity contribution in [1.82, 2.24) is 0 Å². The van der Waals surface area contributed by atoms with Gasteiger partial charge in [0.15, 0.2) is 0 Å². The lowest BCUT2D eigenvalue weighted by Crippen LogP contribution is -2.47. The standard InChI is InChI=1S/C9H12N2O/c1-7-2-4-8(5-3-7)6-12-9(10)11/h2-5H,6H2,1H3,(H3,10,11)/p+1. The highest BCUT2D eigenvalue weighted by molar-refractivity contribution is 5.64. The minimum atomic E-state index is 0.00979. The van der Waals surface area contributed by atoms with E-state index in [-0.39, 0.29) is 6.02 Å². The van der Waals surface area contributed by atoms with E-state index in [1.807, 2.05) is 31.2 Å². The molecule has 0 saturated carbocycles. The molecule has 1 rings (SSSR count). The third-order valence-corrected chi connectivity index (χ3v) is 1.53. The number of amidine groups is 1. The van der Waals surface area contributed by atoms with Crippen molar-refractivity contribution in [2.45, 2.75) is 13.5 Å². The quantitative estimate of drug-likeness (QED) is 0.462. The molecule has 0 bridgehead atoms. The molecule has 0 aliphatic heterocycles. The number of hydrogen-bond donors (Lipinski definition) is 2. The van der Waals surface area contributed by atoms with Crippen LogP contribution in [0.4, 0.5) is 0 Å². The van der Waals surface area contributed by atoms with Crippen molar-refractivity contribution in [2.24, 2.45) is 5.73 Å². The lowest BCUT2D eigenvalue weighted by Gasteiger charge is -2.00. The van der Waals surface area contributed by atoms with E-state index >= 15 is 0 Å². The van der Waals surface area contributed by atoms with Gasteiger partial charge in [-0.15, -0.1) is 0 Å². The fourth-order valence-electron chi connectivity index (χ4n) is 0.851. The number of ether oxygens (including phenoxy) is 1. The first-order valence-electron chi connectivity index (χ1n) is 3.75. The summed E-state index contributed by atoms with van der Waals surface area (Å²) in [7, 11) is 0. The number of nitrogens with two attached hydrogens (primary N) is 2. The van der Waals surface area contributed by atoms with Gasteiger partial charge in [0, 0.05) is 0 Å². The maximum Gasteiger partial charge on any atom is 0.437 e. The lowest BCUT2D eigenvalue weighted by molar-refractivity contribution is -0.143. The molecule has 4 N–H and O–H groups in total. The summed E-state index contributed by atoms with van der Waals surface area (Å²) in [5.74, 6) is 0. The average Bonchev–Trinajstić information content (AvgIpc) is 2.03. The highest BCUT2D eigenvalue weighted by Crippen LogP contribution is 2.03. The molecule has 0 saturated heterocycles. The highest BCUT2D eigenvalue weighted by atomic mass is 16.5. The van der Waals surface area contributed by atoms with Crippen LogP contribution in [-0.2, 0) is 11.3 Å². The lowest BCUT2D eigenvalue weighted by atomic mass is 10.2. The van der Waals surface area contributed by atoms with Gasteiger partial charge >= 0.3 is 6.02 Å². The SMILES string of the molecule is Cc1ccc(COC(N)=[NH2+])cc1. The summed E-state index contributed by atoms with van der Waals surface area (Å²) in [5.41, 5.74) is 7.43. The average molecular weight is 165 g/mol. The van der Waals surface area contributed by atoms with Crippen molar-refractivity contribution < 1.29 is 10.1 Å². The van der Waals surface area contributed by atoms with Crippen LogP contribution in [0.3, 0.4) is 0 Å². The molecule has 12 heavy (non-hydrogen) atoms. The number of rotatable bonds is 2. The first-order valence-corrected chi connectivity index (χ1v) is 3.75. The third kappa shape index (κ3) is 2.62. The van der Waals surface area contributed by atoms with Gasteiger partial charge in [-0.2, -0.15) is 0 Å². The third-order valence-electron chi connectivity index (χ3n) is 1.53.